The van der Waals surface area contributed by atoms with Gasteiger partial charge in [0.2, 0.25) is 5.88 Å². The largest absolute Gasteiger partial charge is 0.439 e. The first-order valence-electron chi connectivity index (χ1n) is 8.99. The second-order valence-corrected chi connectivity index (χ2v) is 7.87. The van der Waals surface area contributed by atoms with Gasteiger partial charge in [-0.2, -0.15) is 0 Å². The SMILES string of the molecule is CCOP(=O)(OCC)c1c(N)oc(-c2ccccc2)c1C(=O)c1ccccc1. The lowest BCUT2D eigenvalue weighted by atomic mass is 10.0. The zero-order chi connectivity index (χ0) is 20.1. The van der Waals surface area contributed by atoms with Gasteiger partial charge in [-0.25, -0.2) is 0 Å². The van der Waals surface area contributed by atoms with Crippen LogP contribution in [0.1, 0.15) is 29.8 Å². The van der Waals surface area contributed by atoms with Crippen LogP contribution in [0.25, 0.3) is 11.3 Å². The van der Waals surface area contributed by atoms with Gasteiger partial charge >= 0.3 is 7.60 Å². The molecule has 0 saturated carbocycles. The maximum absolute atomic E-state index is 13.5. The molecule has 0 aliphatic heterocycles. The number of carbonyl (C=O) groups excluding carboxylic acids is 1. The third-order valence-corrected chi connectivity index (χ3v) is 6.27. The van der Waals surface area contributed by atoms with Crippen LogP contribution in [0.15, 0.2) is 65.1 Å². The molecule has 0 aliphatic carbocycles. The van der Waals surface area contributed by atoms with Gasteiger partial charge in [0.05, 0.1) is 18.8 Å². The Morgan fingerprint density at radius 2 is 1.50 bits per heavy atom. The van der Waals surface area contributed by atoms with E-state index in [0.717, 1.165) is 0 Å². The minimum atomic E-state index is -3.86. The highest BCUT2D eigenvalue weighted by molar-refractivity contribution is 7.62. The number of hydrogen-bond donors (Lipinski definition) is 1. The van der Waals surface area contributed by atoms with Crippen molar-refractivity contribution < 1.29 is 22.8 Å². The molecule has 0 unspecified atom stereocenters. The van der Waals surface area contributed by atoms with Gasteiger partial charge in [0, 0.05) is 11.1 Å². The van der Waals surface area contributed by atoms with Crippen molar-refractivity contribution >= 4 is 24.6 Å². The molecule has 2 aromatic carbocycles. The van der Waals surface area contributed by atoms with Crippen LogP contribution >= 0.6 is 7.60 Å². The minimum absolute atomic E-state index is 0.0242. The summed E-state index contributed by atoms with van der Waals surface area (Å²) in [4.78, 5) is 13.4. The summed E-state index contributed by atoms with van der Waals surface area (Å²) in [7, 11) is -3.86. The van der Waals surface area contributed by atoms with Gasteiger partial charge in [-0.3, -0.25) is 9.36 Å². The summed E-state index contributed by atoms with van der Waals surface area (Å²) in [5.74, 6) is -0.278. The smallest absolute Gasteiger partial charge is 0.367 e. The molecule has 3 aromatic rings. The summed E-state index contributed by atoms with van der Waals surface area (Å²) in [5.41, 5.74) is 7.24. The number of rotatable bonds is 8. The van der Waals surface area contributed by atoms with Crippen molar-refractivity contribution in [1.82, 2.24) is 0 Å². The summed E-state index contributed by atoms with van der Waals surface area (Å²) in [6, 6.07) is 17.7. The molecule has 6 nitrogen and oxygen atoms in total. The van der Waals surface area contributed by atoms with Gasteiger partial charge < -0.3 is 19.2 Å². The highest BCUT2D eigenvalue weighted by Crippen LogP contribution is 2.51. The Morgan fingerprint density at radius 1 is 0.964 bits per heavy atom. The van der Waals surface area contributed by atoms with Crippen LogP contribution in [0.5, 0.6) is 0 Å². The van der Waals surface area contributed by atoms with Crippen molar-refractivity contribution in [2.24, 2.45) is 0 Å². The van der Waals surface area contributed by atoms with Gasteiger partial charge in [0.1, 0.15) is 11.1 Å². The highest BCUT2D eigenvalue weighted by atomic mass is 31.2. The van der Waals surface area contributed by atoms with Crippen LogP contribution in [-0.4, -0.2) is 19.0 Å². The molecule has 0 aliphatic rings. The van der Waals surface area contributed by atoms with E-state index in [-0.39, 0.29) is 41.5 Å². The molecule has 0 bridgehead atoms. The third-order valence-electron chi connectivity index (χ3n) is 4.08. The Kier molecular flexibility index (Phi) is 6.15. The quantitative estimate of drug-likeness (QED) is 0.438. The molecular formula is C21H22NO5P. The van der Waals surface area contributed by atoms with Crippen LogP contribution in [-0.2, 0) is 13.6 Å². The number of nitrogen functional groups attached to an aromatic ring is 1. The Bertz CT molecular complexity index is 988. The Hall–Kier alpha value is -2.66. The van der Waals surface area contributed by atoms with Crippen LogP contribution < -0.4 is 11.0 Å². The first-order chi connectivity index (χ1) is 13.5. The molecule has 7 heteroatoms. The van der Waals surface area contributed by atoms with Crippen LogP contribution in [0.3, 0.4) is 0 Å². The highest BCUT2D eigenvalue weighted by Gasteiger charge is 2.40. The number of nitrogens with two attached hydrogens (primary N) is 1. The average Bonchev–Trinajstić information content (AvgIpc) is 3.07. The third kappa shape index (κ3) is 3.80. The van der Waals surface area contributed by atoms with E-state index in [1.165, 1.54) is 0 Å². The summed E-state index contributed by atoms with van der Waals surface area (Å²) < 4.78 is 30.1. The number of anilines is 1. The van der Waals surface area contributed by atoms with Crippen molar-refractivity contribution in [2.75, 3.05) is 18.9 Å². The van der Waals surface area contributed by atoms with Crippen molar-refractivity contribution in [1.29, 1.82) is 0 Å². The van der Waals surface area contributed by atoms with Crippen molar-refractivity contribution in [2.45, 2.75) is 13.8 Å². The first-order valence-corrected chi connectivity index (χ1v) is 10.5. The van der Waals surface area contributed by atoms with Gasteiger partial charge in [-0.05, 0) is 13.8 Å². The van der Waals surface area contributed by atoms with Crippen LogP contribution in [0, 0.1) is 0 Å². The van der Waals surface area contributed by atoms with Crippen molar-refractivity contribution in [3.05, 3.63) is 71.8 Å². The summed E-state index contributed by atoms with van der Waals surface area (Å²) >= 11 is 0. The molecule has 28 heavy (non-hydrogen) atoms. The maximum Gasteiger partial charge on any atom is 0.367 e. The molecular weight excluding hydrogens is 377 g/mol. The first kappa shape index (κ1) is 20.1. The fourth-order valence-corrected chi connectivity index (χ4v) is 4.76. The molecule has 1 aromatic heterocycles. The van der Waals surface area contributed by atoms with E-state index in [2.05, 4.69) is 0 Å². The average molecular weight is 399 g/mol. The number of ketones is 1. The minimum Gasteiger partial charge on any atom is -0.439 e. The molecule has 0 amide bonds. The molecule has 1 heterocycles. The van der Waals surface area contributed by atoms with Gasteiger partial charge in [0.15, 0.2) is 5.78 Å². The number of benzene rings is 2. The predicted molar refractivity (Wildman–Crippen MR) is 109 cm³/mol. The number of hydrogen-bond acceptors (Lipinski definition) is 6. The lowest BCUT2D eigenvalue weighted by Crippen LogP contribution is -2.20. The summed E-state index contributed by atoms with van der Waals surface area (Å²) in [5, 5.41) is -0.0242. The molecule has 0 fully saturated rings. The standard InChI is InChI=1S/C21H22NO5P/c1-3-25-28(24,26-4-2)20-17(18(23)15-11-7-5-8-12-15)19(27-21(20)22)16-13-9-6-10-14-16/h5-14H,3-4,22H2,1-2H3. The maximum atomic E-state index is 13.5. The van der Waals surface area contributed by atoms with E-state index in [4.69, 9.17) is 19.2 Å². The van der Waals surface area contributed by atoms with E-state index in [0.29, 0.717) is 11.1 Å². The summed E-state index contributed by atoms with van der Waals surface area (Å²) in [6.45, 7) is 3.64. The molecule has 3 rings (SSSR count). The molecule has 146 valence electrons. The fourth-order valence-electron chi connectivity index (χ4n) is 2.96. The lowest BCUT2D eigenvalue weighted by molar-refractivity contribution is 0.103. The number of furan rings is 1. The van der Waals surface area contributed by atoms with Crippen LogP contribution in [0.4, 0.5) is 5.88 Å². The molecule has 0 saturated heterocycles. The molecule has 2 N–H and O–H groups in total. The van der Waals surface area contributed by atoms with Gasteiger partial charge in [-0.1, -0.05) is 60.7 Å². The lowest BCUT2D eigenvalue weighted by Gasteiger charge is -2.17. The predicted octanol–water partition coefficient (Wildman–Crippen LogP) is 4.65. The second-order valence-electron chi connectivity index (χ2n) is 5.91. The summed E-state index contributed by atoms with van der Waals surface area (Å²) in [6.07, 6.45) is 0. The number of carbonyl (C=O) groups is 1. The fraction of sp³-hybridized carbons (Fsp3) is 0.190. The molecule has 0 spiro atoms. The van der Waals surface area contributed by atoms with E-state index in [1.54, 1.807) is 50.2 Å². The van der Waals surface area contributed by atoms with Crippen molar-refractivity contribution in [3.63, 3.8) is 0 Å². The monoisotopic (exact) mass is 399 g/mol. The van der Waals surface area contributed by atoms with E-state index >= 15 is 0 Å². The zero-order valence-corrected chi connectivity index (χ0v) is 16.6. The molecule has 0 atom stereocenters. The van der Waals surface area contributed by atoms with Gasteiger partial charge in [-0.15, -0.1) is 0 Å². The zero-order valence-electron chi connectivity index (χ0n) is 15.8. The van der Waals surface area contributed by atoms with Gasteiger partial charge in [0.25, 0.3) is 0 Å². The Morgan fingerprint density at radius 3 is 2.04 bits per heavy atom. The van der Waals surface area contributed by atoms with Crippen molar-refractivity contribution in [3.8, 4) is 11.3 Å². The normalized spacial score (nSPS) is 11.5. The van der Waals surface area contributed by atoms with E-state index in [9.17, 15) is 9.36 Å². The molecule has 0 radical (unpaired) electrons. The second kappa shape index (κ2) is 8.57. The van der Waals surface area contributed by atoms with E-state index in [1.807, 2.05) is 24.3 Å². The van der Waals surface area contributed by atoms with E-state index < -0.39 is 7.60 Å². The Labute approximate surface area is 163 Å². The van der Waals surface area contributed by atoms with Crippen LogP contribution in [0.2, 0.25) is 0 Å². The topological polar surface area (TPSA) is 91.8 Å². The Balaban J connectivity index is 2.29.